The number of hydrogen-bond donors (Lipinski definition) is 0. The van der Waals surface area contributed by atoms with Crippen LogP contribution in [0.1, 0.15) is 10.4 Å². The Labute approximate surface area is 161 Å². The van der Waals surface area contributed by atoms with Crippen LogP contribution >= 0.6 is 11.3 Å². The van der Waals surface area contributed by atoms with E-state index in [0.717, 1.165) is 21.7 Å². The SMILES string of the molecule is CS(=O)(=O)c1ccc(C(=O)N2CCN(c3nc4cccnc4s3)CC2)cc1. The predicted molar refractivity (Wildman–Crippen MR) is 105 cm³/mol. The number of piperazine rings is 1. The molecule has 1 fully saturated rings. The summed E-state index contributed by atoms with van der Waals surface area (Å²) in [7, 11) is -3.26. The van der Waals surface area contributed by atoms with E-state index in [2.05, 4.69) is 14.9 Å². The number of aromatic nitrogens is 2. The molecule has 0 saturated carbocycles. The smallest absolute Gasteiger partial charge is 0.253 e. The number of hydrogen-bond acceptors (Lipinski definition) is 7. The molecule has 0 aliphatic carbocycles. The Morgan fingerprint density at radius 2 is 1.78 bits per heavy atom. The van der Waals surface area contributed by atoms with Crippen molar-refractivity contribution in [3.63, 3.8) is 0 Å². The van der Waals surface area contributed by atoms with E-state index in [0.29, 0.717) is 31.7 Å². The Bertz CT molecular complexity index is 1050. The van der Waals surface area contributed by atoms with Crippen LogP contribution in [-0.2, 0) is 9.84 Å². The lowest BCUT2D eigenvalue weighted by atomic mass is 10.2. The number of nitrogens with zero attached hydrogens (tertiary/aromatic N) is 4. The zero-order chi connectivity index (χ0) is 19.0. The Kier molecular flexibility index (Phi) is 4.56. The van der Waals surface area contributed by atoms with Gasteiger partial charge in [0.15, 0.2) is 15.0 Å². The van der Waals surface area contributed by atoms with Crippen LogP contribution in [0.4, 0.5) is 5.13 Å². The topological polar surface area (TPSA) is 83.5 Å². The van der Waals surface area contributed by atoms with E-state index in [1.807, 2.05) is 12.1 Å². The standard InChI is InChI=1S/C18H18N4O3S2/c1-27(24,25)14-6-4-13(5-7-14)17(23)21-9-11-22(12-10-21)18-20-15-3-2-8-19-16(15)26-18/h2-8H,9-12H2,1H3. The molecule has 0 bridgehead atoms. The quantitative estimate of drug-likeness (QED) is 0.667. The summed E-state index contributed by atoms with van der Waals surface area (Å²) >= 11 is 1.56. The lowest BCUT2D eigenvalue weighted by molar-refractivity contribution is 0.0746. The molecule has 3 heterocycles. The fourth-order valence-electron chi connectivity index (χ4n) is 3.02. The number of amides is 1. The number of carbonyl (C=O) groups excluding carboxylic acids is 1. The number of thiazole rings is 1. The Morgan fingerprint density at radius 3 is 2.41 bits per heavy atom. The maximum absolute atomic E-state index is 12.7. The highest BCUT2D eigenvalue weighted by Gasteiger charge is 2.24. The van der Waals surface area contributed by atoms with E-state index in [4.69, 9.17) is 0 Å². The summed E-state index contributed by atoms with van der Waals surface area (Å²) in [6.45, 7) is 2.59. The van der Waals surface area contributed by atoms with Gasteiger partial charge in [-0.25, -0.2) is 18.4 Å². The van der Waals surface area contributed by atoms with Gasteiger partial charge in [-0.2, -0.15) is 0 Å². The van der Waals surface area contributed by atoms with Crippen molar-refractivity contribution in [3.05, 3.63) is 48.2 Å². The second-order valence-electron chi connectivity index (χ2n) is 6.40. The number of fused-ring (bicyclic) bond motifs is 1. The van der Waals surface area contributed by atoms with Crippen LogP contribution in [0.2, 0.25) is 0 Å². The zero-order valence-electron chi connectivity index (χ0n) is 14.7. The minimum Gasteiger partial charge on any atom is -0.344 e. The van der Waals surface area contributed by atoms with Crippen LogP contribution in [0.5, 0.6) is 0 Å². The second-order valence-corrected chi connectivity index (χ2v) is 9.37. The first kappa shape index (κ1) is 17.9. The van der Waals surface area contributed by atoms with E-state index >= 15 is 0 Å². The maximum Gasteiger partial charge on any atom is 0.253 e. The highest BCUT2D eigenvalue weighted by molar-refractivity contribution is 7.90. The minimum absolute atomic E-state index is 0.0827. The highest BCUT2D eigenvalue weighted by atomic mass is 32.2. The molecule has 1 saturated heterocycles. The van der Waals surface area contributed by atoms with Crippen LogP contribution in [0, 0.1) is 0 Å². The predicted octanol–water partition coefficient (Wildman–Crippen LogP) is 2.06. The third-order valence-corrected chi connectivity index (χ3v) is 6.69. The summed E-state index contributed by atoms with van der Waals surface area (Å²) in [5.74, 6) is -0.0827. The Hall–Kier alpha value is -2.52. The van der Waals surface area contributed by atoms with Crippen molar-refractivity contribution >= 4 is 42.6 Å². The van der Waals surface area contributed by atoms with Gasteiger partial charge in [0.05, 0.1) is 4.90 Å². The average molecular weight is 403 g/mol. The first-order valence-corrected chi connectivity index (χ1v) is 11.2. The number of rotatable bonds is 3. The van der Waals surface area contributed by atoms with E-state index in [9.17, 15) is 13.2 Å². The number of sulfone groups is 1. The fourth-order valence-corrected chi connectivity index (χ4v) is 4.61. The van der Waals surface area contributed by atoms with Gasteiger partial charge in [0.25, 0.3) is 5.91 Å². The van der Waals surface area contributed by atoms with Gasteiger partial charge >= 0.3 is 0 Å². The van der Waals surface area contributed by atoms with Crippen LogP contribution in [0.3, 0.4) is 0 Å². The molecule has 7 nitrogen and oxygen atoms in total. The Morgan fingerprint density at radius 1 is 1.07 bits per heavy atom. The van der Waals surface area contributed by atoms with Crippen molar-refractivity contribution in [1.82, 2.24) is 14.9 Å². The molecule has 1 amide bonds. The van der Waals surface area contributed by atoms with Crippen molar-refractivity contribution in [3.8, 4) is 0 Å². The van der Waals surface area contributed by atoms with Crippen LogP contribution in [-0.4, -0.2) is 61.6 Å². The van der Waals surface area contributed by atoms with E-state index in [1.165, 1.54) is 12.1 Å². The van der Waals surface area contributed by atoms with Gasteiger partial charge in [-0.1, -0.05) is 11.3 Å². The minimum atomic E-state index is -3.26. The summed E-state index contributed by atoms with van der Waals surface area (Å²) in [5, 5.41) is 0.924. The second kappa shape index (κ2) is 6.90. The molecule has 140 valence electrons. The third kappa shape index (κ3) is 3.65. The molecule has 1 aromatic carbocycles. The van der Waals surface area contributed by atoms with Gasteiger partial charge in [0.1, 0.15) is 10.3 Å². The van der Waals surface area contributed by atoms with Gasteiger partial charge in [-0.3, -0.25) is 4.79 Å². The maximum atomic E-state index is 12.7. The van der Waals surface area contributed by atoms with Crippen molar-refractivity contribution in [2.24, 2.45) is 0 Å². The lowest BCUT2D eigenvalue weighted by Gasteiger charge is -2.34. The number of benzene rings is 1. The molecule has 0 spiro atoms. The molecule has 3 aromatic rings. The number of anilines is 1. The molecule has 0 radical (unpaired) electrons. The largest absolute Gasteiger partial charge is 0.344 e. The third-order valence-electron chi connectivity index (χ3n) is 4.52. The summed E-state index contributed by atoms with van der Waals surface area (Å²) in [4.78, 5) is 26.7. The van der Waals surface area contributed by atoms with Crippen molar-refractivity contribution in [2.75, 3.05) is 37.3 Å². The Balaban J connectivity index is 1.43. The van der Waals surface area contributed by atoms with Crippen molar-refractivity contribution in [1.29, 1.82) is 0 Å². The molecule has 0 N–H and O–H groups in total. The highest BCUT2D eigenvalue weighted by Crippen LogP contribution is 2.27. The fraction of sp³-hybridized carbons (Fsp3) is 0.278. The van der Waals surface area contributed by atoms with E-state index in [-0.39, 0.29) is 10.8 Å². The molecule has 4 rings (SSSR count). The molecule has 27 heavy (non-hydrogen) atoms. The van der Waals surface area contributed by atoms with Crippen LogP contribution in [0.15, 0.2) is 47.5 Å². The summed E-state index contributed by atoms with van der Waals surface area (Å²) in [6.07, 6.45) is 2.91. The lowest BCUT2D eigenvalue weighted by Crippen LogP contribution is -2.48. The van der Waals surface area contributed by atoms with Gasteiger partial charge in [-0.15, -0.1) is 0 Å². The average Bonchev–Trinajstić information content (AvgIpc) is 3.11. The van der Waals surface area contributed by atoms with Crippen molar-refractivity contribution in [2.45, 2.75) is 4.90 Å². The molecule has 2 aromatic heterocycles. The van der Waals surface area contributed by atoms with Gasteiger partial charge in [0, 0.05) is 44.2 Å². The monoisotopic (exact) mass is 402 g/mol. The molecule has 1 aliphatic heterocycles. The summed E-state index contributed by atoms with van der Waals surface area (Å²) < 4.78 is 23.1. The van der Waals surface area contributed by atoms with Gasteiger partial charge < -0.3 is 9.80 Å². The molecular formula is C18H18N4O3S2. The molecule has 9 heteroatoms. The van der Waals surface area contributed by atoms with E-state index < -0.39 is 9.84 Å². The number of carbonyl (C=O) groups is 1. The molecule has 0 unspecified atom stereocenters. The van der Waals surface area contributed by atoms with Crippen molar-refractivity contribution < 1.29 is 13.2 Å². The van der Waals surface area contributed by atoms with Gasteiger partial charge in [0.2, 0.25) is 0 Å². The van der Waals surface area contributed by atoms with E-state index in [1.54, 1.807) is 34.6 Å². The van der Waals surface area contributed by atoms with Crippen LogP contribution in [0.25, 0.3) is 10.3 Å². The molecular weight excluding hydrogens is 384 g/mol. The molecule has 1 aliphatic rings. The van der Waals surface area contributed by atoms with Gasteiger partial charge in [-0.05, 0) is 36.4 Å². The first-order chi connectivity index (χ1) is 12.9. The summed E-state index contributed by atoms with van der Waals surface area (Å²) in [5.41, 5.74) is 1.39. The van der Waals surface area contributed by atoms with Crippen LogP contribution < -0.4 is 4.90 Å². The zero-order valence-corrected chi connectivity index (χ0v) is 16.3. The number of pyridine rings is 1. The molecule has 0 atom stereocenters. The summed E-state index contributed by atoms with van der Waals surface area (Å²) in [6, 6.07) is 9.92. The normalized spacial score (nSPS) is 15.3. The first-order valence-electron chi connectivity index (χ1n) is 8.48.